The zero-order valence-corrected chi connectivity index (χ0v) is 10.3. The van der Waals surface area contributed by atoms with Crippen molar-refractivity contribution in [2.45, 2.75) is 32.1 Å². The van der Waals surface area contributed by atoms with Crippen molar-refractivity contribution in [3.63, 3.8) is 0 Å². The first-order chi connectivity index (χ1) is 8.53. The molecule has 0 atom stereocenters. The Kier molecular flexibility index (Phi) is 3.54. The molecule has 0 bridgehead atoms. The topological polar surface area (TPSA) is 86.7 Å². The standard InChI is InChI=1S/C12H18N2O4/c15-9-8-14(6-5-13-9)10(16)7-12(11(17)18)3-1-2-4-12/h1-8H2,(H,13,15)(H,17,18). The third-order valence-corrected chi connectivity index (χ3v) is 3.90. The zero-order chi connectivity index (χ0) is 13.2. The number of aliphatic carboxylic acids is 1. The van der Waals surface area contributed by atoms with Gasteiger partial charge in [0.05, 0.1) is 12.0 Å². The number of amides is 2. The predicted octanol–water partition coefficient (Wildman–Crippen LogP) is -0.0201. The minimum absolute atomic E-state index is 0.0234. The van der Waals surface area contributed by atoms with Crippen LogP contribution in [0.1, 0.15) is 32.1 Å². The molecule has 2 rings (SSSR count). The lowest BCUT2D eigenvalue weighted by Crippen LogP contribution is -2.51. The van der Waals surface area contributed by atoms with Crippen LogP contribution in [-0.2, 0) is 14.4 Å². The average Bonchev–Trinajstić information content (AvgIpc) is 2.79. The molecule has 6 nitrogen and oxygen atoms in total. The number of hydrogen-bond donors (Lipinski definition) is 2. The summed E-state index contributed by atoms with van der Waals surface area (Å²) in [7, 11) is 0. The highest BCUT2D eigenvalue weighted by molar-refractivity contribution is 5.89. The van der Waals surface area contributed by atoms with E-state index in [1.165, 1.54) is 4.90 Å². The Balaban J connectivity index is 2.01. The Hall–Kier alpha value is -1.59. The predicted molar refractivity (Wildman–Crippen MR) is 62.7 cm³/mol. The highest BCUT2D eigenvalue weighted by Crippen LogP contribution is 2.41. The van der Waals surface area contributed by atoms with Crippen LogP contribution in [0.15, 0.2) is 0 Å². The van der Waals surface area contributed by atoms with Crippen LogP contribution in [0.5, 0.6) is 0 Å². The summed E-state index contributed by atoms with van der Waals surface area (Å²) in [6.07, 6.45) is 2.87. The summed E-state index contributed by atoms with van der Waals surface area (Å²) >= 11 is 0. The van der Waals surface area contributed by atoms with E-state index in [1.807, 2.05) is 0 Å². The van der Waals surface area contributed by atoms with E-state index in [0.717, 1.165) is 12.8 Å². The Bertz CT molecular complexity index is 374. The van der Waals surface area contributed by atoms with Gasteiger partial charge in [0.1, 0.15) is 0 Å². The third-order valence-electron chi connectivity index (χ3n) is 3.90. The normalized spacial score (nSPS) is 22.7. The molecule has 18 heavy (non-hydrogen) atoms. The Labute approximate surface area is 105 Å². The van der Waals surface area contributed by atoms with E-state index in [2.05, 4.69) is 5.32 Å². The molecule has 0 aromatic heterocycles. The van der Waals surface area contributed by atoms with Crippen molar-refractivity contribution in [2.24, 2.45) is 5.41 Å². The second kappa shape index (κ2) is 4.96. The van der Waals surface area contributed by atoms with Crippen molar-refractivity contribution < 1.29 is 19.5 Å². The smallest absolute Gasteiger partial charge is 0.310 e. The van der Waals surface area contributed by atoms with E-state index in [-0.39, 0.29) is 24.8 Å². The van der Waals surface area contributed by atoms with E-state index in [1.54, 1.807) is 0 Å². The van der Waals surface area contributed by atoms with Crippen LogP contribution >= 0.6 is 0 Å². The van der Waals surface area contributed by atoms with Crippen LogP contribution in [0, 0.1) is 5.41 Å². The van der Waals surface area contributed by atoms with Gasteiger partial charge in [0.15, 0.2) is 0 Å². The Morgan fingerprint density at radius 2 is 2.00 bits per heavy atom. The number of carboxylic acid groups (broad SMARTS) is 1. The van der Waals surface area contributed by atoms with E-state index < -0.39 is 11.4 Å². The fraction of sp³-hybridized carbons (Fsp3) is 0.750. The minimum Gasteiger partial charge on any atom is -0.481 e. The molecule has 1 saturated heterocycles. The summed E-state index contributed by atoms with van der Waals surface area (Å²) in [6, 6.07) is 0. The van der Waals surface area contributed by atoms with Crippen molar-refractivity contribution in [1.82, 2.24) is 10.2 Å². The minimum atomic E-state index is -0.898. The molecule has 2 amide bonds. The summed E-state index contributed by atoms with van der Waals surface area (Å²) in [6.45, 7) is 0.972. The van der Waals surface area contributed by atoms with Crippen LogP contribution in [0.4, 0.5) is 0 Å². The van der Waals surface area contributed by atoms with Crippen LogP contribution in [-0.4, -0.2) is 47.4 Å². The Morgan fingerprint density at radius 3 is 2.56 bits per heavy atom. The summed E-state index contributed by atoms with van der Waals surface area (Å²) in [4.78, 5) is 36.1. The van der Waals surface area contributed by atoms with Gasteiger partial charge in [-0.2, -0.15) is 0 Å². The quantitative estimate of drug-likeness (QED) is 0.741. The van der Waals surface area contributed by atoms with Gasteiger partial charge in [-0.25, -0.2) is 0 Å². The molecular weight excluding hydrogens is 236 g/mol. The number of carbonyl (C=O) groups is 3. The monoisotopic (exact) mass is 254 g/mol. The molecule has 0 unspecified atom stereocenters. The summed E-state index contributed by atoms with van der Waals surface area (Å²) in [5.74, 6) is -1.27. The molecule has 2 N–H and O–H groups in total. The first-order valence-electron chi connectivity index (χ1n) is 6.31. The molecule has 6 heteroatoms. The van der Waals surface area contributed by atoms with Gasteiger partial charge in [-0.15, -0.1) is 0 Å². The number of nitrogens with zero attached hydrogens (tertiary/aromatic N) is 1. The Morgan fingerprint density at radius 1 is 1.33 bits per heavy atom. The second-order valence-electron chi connectivity index (χ2n) is 5.13. The fourth-order valence-corrected chi connectivity index (χ4v) is 2.77. The average molecular weight is 254 g/mol. The van der Waals surface area contributed by atoms with Crippen molar-refractivity contribution >= 4 is 17.8 Å². The van der Waals surface area contributed by atoms with Gasteiger partial charge in [0, 0.05) is 19.5 Å². The molecule has 2 fully saturated rings. The van der Waals surface area contributed by atoms with Gasteiger partial charge >= 0.3 is 5.97 Å². The van der Waals surface area contributed by atoms with Gasteiger partial charge in [-0.1, -0.05) is 12.8 Å². The van der Waals surface area contributed by atoms with Crippen molar-refractivity contribution in [1.29, 1.82) is 0 Å². The fourth-order valence-electron chi connectivity index (χ4n) is 2.77. The maximum Gasteiger partial charge on any atom is 0.310 e. The molecule has 100 valence electrons. The van der Waals surface area contributed by atoms with Gasteiger partial charge in [-0.3, -0.25) is 14.4 Å². The summed E-state index contributed by atoms with van der Waals surface area (Å²) in [5.41, 5.74) is -0.898. The van der Waals surface area contributed by atoms with Crippen molar-refractivity contribution in [2.75, 3.05) is 19.6 Å². The number of nitrogens with one attached hydrogen (secondary N) is 1. The van der Waals surface area contributed by atoms with Gasteiger partial charge in [0.2, 0.25) is 11.8 Å². The van der Waals surface area contributed by atoms with E-state index in [0.29, 0.717) is 25.9 Å². The summed E-state index contributed by atoms with van der Waals surface area (Å²) < 4.78 is 0. The van der Waals surface area contributed by atoms with E-state index >= 15 is 0 Å². The van der Waals surface area contributed by atoms with Crippen LogP contribution in [0.2, 0.25) is 0 Å². The molecule has 1 aliphatic heterocycles. The molecule has 0 radical (unpaired) electrons. The van der Waals surface area contributed by atoms with E-state index in [4.69, 9.17) is 0 Å². The second-order valence-corrected chi connectivity index (χ2v) is 5.13. The van der Waals surface area contributed by atoms with Gasteiger partial charge < -0.3 is 15.3 Å². The highest BCUT2D eigenvalue weighted by atomic mass is 16.4. The number of hydrogen-bond acceptors (Lipinski definition) is 3. The number of rotatable bonds is 3. The third kappa shape index (κ3) is 2.47. The lowest BCUT2D eigenvalue weighted by molar-refractivity contribution is -0.154. The highest BCUT2D eigenvalue weighted by Gasteiger charge is 2.44. The van der Waals surface area contributed by atoms with Crippen molar-refractivity contribution in [3.05, 3.63) is 0 Å². The van der Waals surface area contributed by atoms with Crippen LogP contribution in [0.25, 0.3) is 0 Å². The molecule has 0 spiro atoms. The summed E-state index contributed by atoms with van der Waals surface area (Å²) in [5, 5.41) is 12.0. The lowest BCUT2D eigenvalue weighted by Gasteiger charge is -2.30. The molecule has 1 saturated carbocycles. The largest absolute Gasteiger partial charge is 0.481 e. The van der Waals surface area contributed by atoms with Crippen molar-refractivity contribution in [3.8, 4) is 0 Å². The maximum absolute atomic E-state index is 12.1. The lowest BCUT2D eigenvalue weighted by atomic mass is 9.82. The number of carbonyl (C=O) groups excluding carboxylic acids is 2. The van der Waals surface area contributed by atoms with E-state index in [9.17, 15) is 19.5 Å². The first-order valence-corrected chi connectivity index (χ1v) is 6.31. The molecule has 1 aliphatic carbocycles. The van der Waals surface area contributed by atoms with Gasteiger partial charge in [0.25, 0.3) is 0 Å². The number of piperazine rings is 1. The molecule has 1 heterocycles. The van der Waals surface area contributed by atoms with Gasteiger partial charge in [-0.05, 0) is 12.8 Å². The zero-order valence-electron chi connectivity index (χ0n) is 10.3. The molecule has 0 aromatic rings. The van der Waals surface area contributed by atoms with Crippen LogP contribution < -0.4 is 5.32 Å². The molecule has 0 aromatic carbocycles. The first kappa shape index (κ1) is 12.9. The molecule has 2 aliphatic rings. The maximum atomic E-state index is 12.1. The van der Waals surface area contributed by atoms with Crippen LogP contribution in [0.3, 0.4) is 0 Å². The molecular formula is C12H18N2O4. The SMILES string of the molecule is O=C1CN(C(=O)CC2(C(=O)O)CCCC2)CCN1. The number of carboxylic acids is 1.